The zero-order chi connectivity index (χ0) is 16.1. The summed E-state index contributed by atoms with van der Waals surface area (Å²) < 4.78 is 10.6. The Morgan fingerprint density at radius 3 is 2.83 bits per heavy atom. The van der Waals surface area contributed by atoms with Gasteiger partial charge in [-0.25, -0.2) is 4.98 Å². The molecule has 1 aliphatic carbocycles. The van der Waals surface area contributed by atoms with Gasteiger partial charge in [-0.3, -0.25) is 4.79 Å². The largest absolute Gasteiger partial charge is 0.497 e. The molecule has 0 N–H and O–H groups in total. The maximum Gasteiger partial charge on any atom is 0.309 e. The van der Waals surface area contributed by atoms with E-state index in [1.165, 1.54) is 0 Å². The van der Waals surface area contributed by atoms with Gasteiger partial charge in [-0.15, -0.1) is 11.3 Å². The Labute approximate surface area is 139 Å². The lowest BCUT2D eigenvalue weighted by molar-refractivity contribution is -0.150. The Balaban J connectivity index is 1.58. The third-order valence-electron chi connectivity index (χ3n) is 3.85. The van der Waals surface area contributed by atoms with E-state index in [1.54, 1.807) is 18.4 Å². The third kappa shape index (κ3) is 3.99. The number of aromatic nitrogens is 1. The van der Waals surface area contributed by atoms with Crippen LogP contribution in [-0.4, -0.2) is 18.1 Å². The van der Waals surface area contributed by atoms with Crippen molar-refractivity contribution >= 4 is 17.3 Å². The fraction of sp³-hybridized carbons (Fsp3) is 0.333. The number of benzene rings is 1. The van der Waals surface area contributed by atoms with Crippen LogP contribution < -0.4 is 4.74 Å². The molecule has 1 aromatic carbocycles. The number of carbonyl (C=O) groups is 1. The van der Waals surface area contributed by atoms with Crippen LogP contribution >= 0.6 is 11.3 Å². The van der Waals surface area contributed by atoms with Gasteiger partial charge in [0.25, 0.3) is 0 Å². The zero-order valence-electron chi connectivity index (χ0n) is 13.0. The summed E-state index contributed by atoms with van der Waals surface area (Å²) in [6, 6.07) is 7.77. The van der Waals surface area contributed by atoms with Gasteiger partial charge >= 0.3 is 5.97 Å². The van der Waals surface area contributed by atoms with Gasteiger partial charge in [0.15, 0.2) is 0 Å². The van der Waals surface area contributed by atoms with Crippen LogP contribution in [0.25, 0.3) is 10.6 Å². The van der Waals surface area contributed by atoms with Crippen molar-refractivity contribution in [3.63, 3.8) is 0 Å². The average Bonchev–Trinajstić information content (AvgIpc) is 3.09. The number of ether oxygens (including phenoxy) is 2. The van der Waals surface area contributed by atoms with Crippen LogP contribution in [0.15, 0.2) is 41.8 Å². The Hall–Kier alpha value is -2.14. The second-order valence-electron chi connectivity index (χ2n) is 5.46. The normalized spacial score (nSPS) is 17.0. The molecule has 120 valence electrons. The number of methoxy groups -OCH3 is 1. The van der Waals surface area contributed by atoms with Crippen LogP contribution in [0.2, 0.25) is 0 Å². The molecular formula is C18H19NO3S. The van der Waals surface area contributed by atoms with Crippen LogP contribution in [-0.2, 0) is 16.1 Å². The van der Waals surface area contributed by atoms with Crippen molar-refractivity contribution in [2.45, 2.75) is 25.9 Å². The van der Waals surface area contributed by atoms with E-state index in [0.29, 0.717) is 0 Å². The fourth-order valence-electron chi connectivity index (χ4n) is 2.51. The minimum Gasteiger partial charge on any atom is -0.497 e. The van der Waals surface area contributed by atoms with Crippen LogP contribution in [0.1, 0.15) is 25.0 Å². The first-order valence-electron chi connectivity index (χ1n) is 7.66. The highest BCUT2D eigenvalue weighted by Gasteiger charge is 2.20. The molecule has 0 radical (unpaired) electrons. The predicted octanol–water partition coefficient (Wildman–Crippen LogP) is 4.22. The fourth-order valence-corrected chi connectivity index (χ4v) is 3.32. The molecule has 3 rings (SSSR count). The molecule has 0 amide bonds. The molecule has 5 heteroatoms. The number of hydrogen-bond acceptors (Lipinski definition) is 5. The first-order valence-corrected chi connectivity index (χ1v) is 8.54. The molecule has 0 fully saturated rings. The SMILES string of the molecule is COc1ccc(-c2nc(COC(=O)[C@@H]3CC=CCC3)cs2)cc1. The molecular weight excluding hydrogens is 310 g/mol. The van der Waals surface area contributed by atoms with Gasteiger partial charge in [0, 0.05) is 10.9 Å². The van der Waals surface area contributed by atoms with Crippen LogP contribution in [0, 0.1) is 5.92 Å². The molecule has 1 atom stereocenters. The molecule has 0 unspecified atom stereocenters. The smallest absolute Gasteiger partial charge is 0.309 e. The topological polar surface area (TPSA) is 48.4 Å². The summed E-state index contributed by atoms with van der Waals surface area (Å²) in [5.74, 6) is 0.703. The highest BCUT2D eigenvalue weighted by molar-refractivity contribution is 7.13. The lowest BCUT2D eigenvalue weighted by Gasteiger charge is -2.15. The van der Waals surface area contributed by atoms with E-state index in [4.69, 9.17) is 9.47 Å². The molecule has 0 aliphatic heterocycles. The third-order valence-corrected chi connectivity index (χ3v) is 4.79. The molecule has 23 heavy (non-hydrogen) atoms. The summed E-state index contributed by atoms with van der Waals surface area (Å²) in [6.45, 7) is 0.242. The summed E-state index contributed by atoms with van der Waals surface area (Å²) in [5, 5.41) is 2.85. The first kappa shape index (κ1) is 15.7. The molecule has 2 aromatic rings. The first-order chi connectivity index (χ1) is 11.3. The van der Waals surface area contributed by atoms with Crippen molar-refractivity contribution < 1.29 is 14.3 Å². The number of esters is 1. The van der Waals surface area contributed by atoms with Crippen molar-refractivity contribution in [2.24, 2.45) is 5.92 Å². The summed E-state index contributed by atoms with van der Waals surface area (Å²) in [5.41, 5.74) is 1.83. The Bertz CT molecular complexity index is 691. The van der Waals surface area contributed by atoms with Crippen molar-refractivity contribution in [1.29, 1.82) is 0 Å². The molecule has 0 saturated heterocycles. The Kier molecular flexibility index (Phi) is 5.08. The van der Waals surface area contributed by atoms with Gasteiger partial charge in [0.05, 0.1) is 18.7 Å². The number of thiazole rings is 1. The van der Waals surface area contributed by atoms with Gasteiger partial charge in [-0.1, -0.05) is 12.2 Å². The lowest BCUT2D eigenvalue weighted by Crippen LogP contribution is -2.18. The van der Waals surface area contributed by atoms with E-state index in [2.05, 4.69) is 17.1 Å². The highest BCUT2D eigenvalue weighted by Crippen LogP contribution is 2.26. The summed E-state index contributed by atoms with van der Waals surface area (Å²) >= 11 is 1.55. The van der Waals surface area contributed by atoms with E-state index in [-0.39, 0.29) is 18.5 Å². The van der Waals surface area contributed by atoms with Gasteiger partial charge in [-0.05, 0) is 43.5 Å². The maximum atomic E-state index is 12.0. The summed E-state index contributed by atoms with van der Waals surface area (Å²) in [7, 11) is 1.65. The molecule has 0 spiro atoms. The predicted molar refractivity (Wildman–Crippen MR) is 90.4 cm³/mol. The molecule has 1 aromatic heterocycles. The van der Waals surface area contributed by atoms with E-state index in [9.17, 15) is 4.79 Å². The molecule has 0 saturated carbocycles. The molecule has 1 aliphatic rings. The Morgan fingerprint density at radius 1 is 1.30 bits per heavy atom. The summed E-state index contributed by atoms with van der Waals surface area (Å²) in [4.78, 5) is 16.6. The zero-order valence-corrected chi connectivity index (χ0v) is 13.8. The number of carbonyl (C=O) groups excluding carboxylic acids is 1. The molecule has 0 bridgehead atoms. The standard InChI is InChI=1S/C18H19NO3S/c1-21-16-9-7-13(8-10-16)17-19-15(12-23-17)11-22-18(20)14-5-3-2-4-6-14/h2-3,7-10,12,14H,4-6,11H2,1H3/t14-/m1/s1. The average molecular weight is 329 g/mol. The van der Waals surface area contributed by atoms with Gasteiger partial charge in [0.2, 0.25) is 0 Å². The Morgan fingerprint density at radius 2 is 2.13 bits per heavy atom. The number of nitrogens with zero attached hydrogens (tertiary/aromatic N) is 1. The lowest BCUT2D eigenvalue weighted by atomic mass is 9.95. The van der Waals surface area contributed by atoms with Gasteiger partial charge in [0.1, 0.15) is 17.4 Å². The number of rotatable bonds is 5. The van der Waals surface area contributed by atoms with Crippen LogP contribution in [0.4, 0.5) is 0 Å². The number of hydrogen-bond donors (Lipinski definition) is 0. The minimum atomic E-state index is -0.117. The maximum absolute atomic E-state index is 12.0. The van der Waals surface area contributed by atoms with Gasteiger partial charge < -0.3 is 9.47 Å². The van der Waals surface area contributed by atoms with Crippen molar-refractivity contribution in [3.8, 4) is 16.3 Å². The molecule has 4 nitrogen and oxygen atoms in total. The second-order valence-corrected chi connectivity index (χ2v) is 6.32. The van der Waals surface area contributed by atoms with E-state index < -0.39 is 0 Å². The summed E-state index contributed by atoms with van der Waals surface area (Å²) in [6.07, 6.45) is 6.79. The van der Waals surface area contributed by atoms with Crippen molar-refractivity contribution in [2.75, 3.05) is 7.11 Å². The highest BCUT2D eigenvalue weighted by atomic mass is 32.1. The monoisotopic (exact) mass is 329 g/mol. The molecule has 1 heterocycles. The second kappa shape index (κ2) is 7.42. The number of allylic oxidation sites excluding steroid dienone is 2. The van der Waals surface area contributed by atoms with E-state index >= 15 is 0 Å². The van der Waals surface area contributed by atoms with E-state index in [1.807, 2.05) is 29.6 Å². The van der Waals surface area contributed by atoms with E-state index in [0.717, 1.165) is 41.3 Å². The quantitative estimate of drug-likeness (QED) is 0.609. The van der Waals surface area contributed by atoms with Crippen molar-refractivity contribution in [1.82, 2.24) is 4.98 Å². The van der Waals surface area contributed by atoms with Crippen LogP contribution in [0.5, 0.6) is 5.75 Å². The van der Waals surface area contributed by atoms with Crippen LogP contribution in [0.3, 0.4) is 0 Å². The minimum absolute atomic E-state index is 0.000283. The van der Waals surface area contributed by atoms with Gasteiger partial charge in [-0.2, -0.15) is 0 Å². The van der Waals surface area contributed by atoms with Crippen molar-refractivity contribution in [3.05, 3.63) is 47.5 Å².